The second-order valence-electron chi connectivity index (χ2n) is 8.74. The molecule has 10 heteroatoms. The van der Waals surface area contributed by atoms with Crippen molar-refractivity contribution in [1.82, 2.24) is 15.4 Å². The van der Waals surface area contributed by atoms with Crippen LogP contribution in [0.4, 0.5) is 0 Å². The Morgan fingerprint density at radius 3 is 2.26 bits per heavy atom. The molecule has 0 bridgehead atoms. The van der Waals surface area contributed by atoms with E-state index in [9.17, 15) is 18.3 Å². The van der Waals surface area contributed by atoms with Gasteiger partial charge in [-0.2, -0.15) is 0 Å². The molecule has 204 valence electrons. The molecule has 0 radical (unpaired) electrons. The first-order chi connectivity index (χ1) is 18.3. The standard InChI is InChI=1S/C28H35N3O6S/c1-36-23-11-13-25(14-12-23)38(34,35)30-16-15-28(33)31-26(18-21-7-4-3-5-8-21)27(32)20-29-19-22-9-6-10-24(17-22)37-2/h3-14,17,26-27,29-30,32H,15-16,18-20H2,1-2H3,(H,31,33)/t26-,27+/m0/s1. The van der Waals surface area contributed by atoms with E-state index in [1.165, 1.54) is 19.2 Å². The number of benzene rings is 3. The van der Waals surface area contributed by atoms with Crippen molar-refractivity contribution in [2.24, 2.45) is 0 Å². The summed E-state index contributed by atoms with van der Waals surface area (Å²) in [4.78, 5) is 12.8. The molecule has 0 unspecified atom stereocenters. The van der Waals surface area contributed by atoms with Crippen molar-refractivity contribution >= 4 is 15.9 Å². The molecule has 0 heterocycles. The van der Waals surface area contributed by atoms with E-state index in [2.05, 4.69) is 15.4 Å². The summed E-state index contributed by atoms with van der Waals surface area (Å²) < 4.78 is 37.8. The Balaban J connectivity index is 1.55. The molecule has 0 aliphatic heterocycles. The summed E-state index contributed by atoms with van der Waals surface area (Å²) in [5.41, 5.74) is 1.97. The van der Waals surface area contributed by atoms with E-state index in [0.717, 1.165) is 16.9 Å². The number of hydrogen-bond acceptors (Lipinski definition) is 7. The van der Waals surface area contributed by atoms with Crippen molar-refractivity contribution in [3.63, 3.8) is 0 Å². The zero-order valence-electron chi connectivity index (χ0n) is 21.6. The molecule has 0 aliphatic rings. The van der Waals surface area contributed by atoms with Gasteiger partial charge in [0.05, 0.1) is 31.3 Å². The maximum Gasteiger partial charge on any atom is 0.240 e. The van der Waals surface area contributed by atoms with Crippen LogP contribution < -0.4 is 24.8 Å². The first-order valence-electron chi connectivity index (χ1n) is 12.3. The summed E-state index contributed by atoms with van der Waals surface area (Å²) in [5, 5.41) is 17.0. The van der Waals surface area contributed by atoms with E-state index in [4.69, 9.17) is 9.47 Å². The SMILES string of the molecule is COc1ccc(S(=O)(=O)NCCC(=O)N[C@@H](Cc2ccccc2)[C@H](O)CNCc2cccc(OC)c2)cc1. The maximum absolute atomic E-state index is 12.7. The number of aliphatic hydroxyl groups is 1. The molecule has 0 spiro atoms. The molecule has 0 aliphatic carbocycles. The summed E-state index contributed by atoms with van der Waals surface area (Å²) in [6.07, 6.45) is -0.530. The van der Waals surface area contributed by atoms with Crippen LogP contribution in [0.2, 0.25) is 0 Å². The third kappa shape index (κ3) is 9.14. The Kier molecular flexibility index (Phi) is 11.1. The number of carbonyl (C=O) groups excluding carboxylic acids is 1. The number of amides is 1. The summed E-state index contributed by atoms with van der Waals surface area (Å²) in [5.74, 6) is 0.932. The number of ether oxygens (including phenoxy) is 2. The second-order valence-corrected chi connectivity index (χ2v) is 10.5. The predicted octanol–water partition coefficient (Wildman–Crippen LogP) is 2.25. The fourth-order valence-electron chi connectivity index (χ4n) is 3.86. The molecule has 0 saturated carbocycles. The lowest BCUT2D eigenvalue weighted by Gasteiger charge is -2.25. The molecular formula is C28H35N3O6S. The van der Waals surface area contributed by atoms with Crippen molar-refractivity contribution in [3.8, 4) is 11.5 Å². The number of carbonyl (C=O) groups is 1. The summed E-state index contributed by atoms with van der Waals surface area (Å²) in [6.45, 7) is 0.689. The van der Waals surface area contributed by atoms with E-state index in [0.29, 0.717) is 18.7 Å². The number of aliphatic hydroxyl groups excluding tert-OH is 1. The molecule has 0 fully saturated rings. The van der Waals surface area contributed by atoms with Gasteiger partial charge in [-0.25, -0.2) is 13.1 Å². The van der Waals surface area contributed by atoms with Gasteiger partial charge in [-0.05, 0) is 53.9 Å². The maximum atomic E-state index is 12.7. The zero-order valence-corrected chi connectivity index (χ0v) is 22.4. The lowest BCUT2D eigenvalue weighted by atomic mass is 10.0. The molecule has 0 aromatic heterocycles. The third-order valence-electron chi connectivity index (χ3n) is 5.94. The van der Waals surface area contributed by atoms with Crippen LogP contribution in [-0.4, -0.2) is 58.9 Å². The highest BCUT2D eigenvalue weighted by molar-refractivity contribution is 7.89. The minimum absolute atomic E-state index is 0.0787. The smallest absolute Gasteiger partial charge is 0.240 e. The summed E-state index contributed by atoms with van der Waals surface area (Å²) in [7, 11) is -0.664. The van der Waals surface area contributed by atoms with Crippen LogP contribution in [0.25, 0.3) is 0 Å². The van der Waals surface area contributed by atoms with Crippen LogP contribution in [0.1, 0.15) is 17.5 Å². The van der Waals surface area contributed by atoms with Crippen LogP contribution in [0.5, 0.6) is 11.5 Å². The predicted molar refractivity (Wildman–Crippen MR) is 146 cm³/mol. The van der Waals surface area contributed by atoms with E-state index in [1.54, 1.807) is 19.2 Å². The van der Waals surface area contributed by atoms with Gasteiger partial charge < -0.3 is 25.2 Å². The number of sulfonamides is 1. The normalized spacial score (nSPS) is 12.9. The monoisotopic (exact) mass is 541 g/mol. The van der Waals surface area contributed by atoms with E-state index < -0.39 is 22.2 Å². The molecular weight excluding hydrogens is 506 g/mol. The lowest BCUT2D eigenvalue weighted by Crippen LogP contribution is -2.49. The van der Waals surface area contributed by atoms with Gasteiger partial charge in [0.15, 0.2) is 0 Å². The largest absolute Gasteiger partial charge is 0.497 e. The zero-order chi connectivity index (χ0) is 27.4. The Morgan fingerprint density at radius 1 is 0.895 bits per heavy atom. The first-order valence-corrected chi connectivity index (χ1v) is 13.8. The minimum Gasteiger partial charge on any atom is -0.497 e. The van der Waals surface area contributed by atoms with Crippen LogP contribution in [0, 0.1) is 0 Å². The van der Waals surface area contributed by atoms with Gasteiger partial charge in [0, 0.05) is 26.1 Å². The van der Waals surface area contributed by atoms with Gasteiger partial charge in [-0.3, -0.25) is 4.79 Å². The molecule has 3 aromatic rings. The van der Waals surface area contributed by atoms with E-state index >= 15 is 0 Å². The Morgan fingerprint density at radius 2 is 1.58 bits per heavy atom. The second kappa shape index (κ2) is 14.5. The Labute approximate surface area is 224 Å². The average molecular weight is 542 g/mol. The molecule has 9 nitrogen and oxygen atoms in total. The third-order valence-corrected chi connectivity index (χ3v) is 7.42. The highest BCUT2D eigenvalue weighted by Gasteiger charge is 2.22. The van der Waals surface area contributed by atoms with E-state index in [1.807, 2.05) is 54.6 Å². The number of methoxy groups -OCH3 is 2. The molecule has 38 heavy (non-hydrogen) atoms. The van der Waals surface area contributed by atoms with Gasteiger partial charge in [0.25, 0.3) is 0 Å². The molecule has 4 N–H and O–H groups in total. The van der Waals surface area contributed by atoms with Crippen molar-refractivity contribution in [1.29, 1.82) is 0 Å². The Bertz CT molecular complexity index is 1250. The molecule has 3 rings (SSSR count). The van der Waals surface area contributed by atoms with Crippen molar-refractivity contribution in [2.45, 2.75) is 36.4 Å². The fraction of sp³-hybridized carbons (Fsp3) is 0.321. The molecule has 0 saturated heterocycles. The van der Waals surface area contributed by atoms with Crippen molar-refractivity contribution < 1.29 is 27.8 Å². The average Bonchev–Trinajstić information content (AvgIpc) is 2.93. The fourth-order valence-corrected chi connectivity index (χ4v) is 4.89. The lowest BCUT2D eigenvalue weighted by molar-refractivity contribution is -0.122. The number of hydrogen-bond donors (Lipinski definition) is 4. The quantitative estimate of drug-likeness (QED) is 0.233. The Hall–Kier alpha value is -3.44. The van der Waals surface area contributed by atoms with Crippen molar-refractivity contribution in [3.05, 3.63) is 90.0 Å². The molecule has 3 aromatic carbocycles. The van der Waals surface area contributed by atoms with Gasteiger partial charge in [0.2, 0.25) is 15.9 Å². The van der Waals surface area contributed by atoms with Crippen LogP contribution in [-0.2, 0) is 27.8 Å². The van der Waals surface area contributed by atoms with E-state index in [-0.39, 0.29) is 30.3 Å². The summed E-state index contributed by atoms with van der Waals surface area (Å²) in [6, 6.07) is 22.6. The minimum atomic E-state index is -3.77. The van der Waals surface area contributed by atoms with Gasteiger partial charge in [-0.15, -0.1) is 0 Å². The van der Waals surface area contributed by atoms with Crippen LogP contribution >= 0.6 is 0 Å². The topological polar surface area (TPSA) is 126 Å². The summed E-state index contributed by atoms with van der Waals surface area (Å²) >= 11 is 0. The molecule has 2 atom stereocenters. The van der Waals surface area contributed by atoms with Crippen molar-refractivity contribution in [2.75, 3.05) is 27.3 Å². The van der Waals surface area contributed by atoms with Gasteiger partial charge in [0.1, 0.15) is 11.5 Å². The molecule has 1 amide bonds. The highest BCUT2D eigenvalue weighted by Crippen LogP contribution is 2.15. The van der Waals surface area contributed by atoms with Crippen LogP contribution in [0.3, 0.4) is 0 Å². The first kappa shape index (κ1) is 29.1. The van der Waals surface area contributed by atoms with Gasteiger partial charge >= 0.3 is 0 Å². The number of rotatable bonds is 15. The van der Waals surface area contributed by atoms with Crippen LogP contribution in [0.15, 0.2) is 83.8 Å². The van der Waals surface area contributed by atoms with Gasteiger partial charge in [-0.1, -0.05) is 42.5 Å². The highest BCUT2D eigenvalue weighted by atomic mass is 32.2. The number of nitrogens with one attached hydrogen (secondary N) is 3.